The number of anilines is 1. The van der Waals surface area contributed by atoms with Crippen LogP contribution >= 0.6 is 0 Å². The smallest absolute Gasteiger partial charge is 0.0445 e. The Kier molecular flexibility index (Phi) is 3.54. The van der Waals surface area contributed by atoms with Crippen LogP contribution in [0.5, 0.6) is 0 Å². The van der Waals surface area contributed by atoms with E-state index in [-0.39, 0.29) is 0 Å². The summed E-state index contributed by atoms with van der Waals surface area (Å²) in [6.45, 7) is 4.59. The lowest BCUT2D eigenvalue weighted by Gasteiger charge is -2.31. The van der Waals surface area contributed by atoms with E-state index in [2.05, 4.69) is 60.4 Å². The molecule has 1 fully saturated rings. The number of benzene rings is 2. The molecule has 0 atom stereocenters. The van der Waals surface area contributed by atoms with Crippen LogP contribution in [0.2, 0.25) is 0 Å². The van der Waals surface area contributed by atoms with Gasteiger partial charge < -0.3 is 4.90 Å². The minimum atomic E-state index is 1.20. The highest BCUT2D eigenvalue weighted by Crippen LogP contribution is 2.33. The Bertz CT molecular complexity index is 553. The lowest BCUT2D eigenvalue weighted by molar-refractivity contribution is 0.578. The average Bonchev–Trinajstić information content (AvgIpc) is 2.49. The van der Waals surface area contributed by atoms with Crippen LogP contribution in [0, 0.1) is 6.92 Å². The topological polar surface area (TPSA) is 3.24 Å². The van der Waals surface area contributed by atoms with Gasteiger partial charge in [0.2, 0.25) is 0 Å². The number of hydrogen-bond donors (Lipinski definition) is 0. The molecule has 0 spiro atoms. The first-order valence-electron chi connectivity index (χ1n) is 7.26. The minimum absolute atomic E-state index is 1.20. The highest BCUT2D eigenvalue weighted by atomic mass is 15.1. The van der Waals surface area contributed by atoms with Gasteiger partial charge >= 0.3 is 0 Å². The molecule has 1 saturated heterocycles. The standard InChI is InChI=1S/C18H21N/c1-15-9-3-4-10-16(15)17-11-5-6-12-18(17)19-13-7-2-8-14-19/h3-6,9-12H,2,7-8,13-14H2,1H3. The van der Waals surface area contributed by atoms with Crippen molar-refractivity contribution in [2.45, 2.75) is 26.2 Å². The zero-order valence-electron chi connectivity index (χ0n) is 11.6. The van der Waals surface area contributed by atoms with E-state index in [4.69, 9.17) is 0 Å². The molecule has 19 heavy (non-hydrogen) atoms. The van der Waals surface area contributed by atoms with Crippen LogP contribution in [-0.2, 0) is 0 Å². The number of hydrogen-bond acceptors (Lipinski definition) is 1. The van der Waals surface area contributed by atoms with Gasteiger partial charge in [-0.05, 0) is 43.4 Å². The predicted octanol–water partition coefficient (Wildman–Crippen LogP) is 4.65. The monoisotopic (exact) mass is 251 g/mol. The van der Waals surface area contributed by atoms with Crippen LogP contribution in [0.3, 0.4) is 0 Å². The summed E-state index contributed by atoms with van der Waals surface area (Å²) >= 11 is 0. The Hall–Kier alpha value is -1.76. The zero-order chi connectivity index (χ0) is 13.1. The molecule has 0 bridgehead atoms. The van der Waals surface area contributed by atoms with Gasteiger partial charge in [-0.1, -0.05) is 42.5 Å². The summed E-state index contributed by atoms with van der Waals surface area (Å²) in [4.78, 5) is 2.55. The minimum Gasteiger partial charge on any atom is -0.371 e. The molecule has 0 aromatic heterocycles. The zero-order valence-corrected chi connectivity index (χ0v) is 11.6. The summed E-state index contributed by atoms with van der Waals surface area (Å²) in [6.07, 6.45) is 4.02. The van der Waals surface area contributed by atoms with Crippen molar-refractivity contribution >= 4 is 5.69 Å². The van der Waals surface area contributed by atoms with Crippen LogP contribution in [0.15, 0.2) is 48.5 Å². The second kappa shape index (κ2) is 5.48. The Morgan fingerprint density at radius 3 is 2.11 bits per heavy atom. The Morgan fingerprint density at radius 1 is 0.737 bits per heavy atom. The molecule has 0 saturated carbocycles. The quantitative estimate of drug-likeness (QED) is 0.750. The maximum absolute atomic E-state index is 2.55. The third-order valence-electron chi connectivity index (χ3n) is 4.04. The summed E-state index contributed by atoms with van der Waals surface area (Å²) in [5, 5.41) is 0. The van der Waals surface area contributed by atoms with Gasteiger partial charge in [-0.3, -0.25) is 0 Å². The molecule has 0 amide bonds. The third kappa shape index (κ3) is 2.51. The van der Waals surface area contributed by atoms with E-state index in [0.29, 0.717) is 0 Å². The Labute approximate surface area is 115 Å². The number of para-hydroxylation sites is 1. The summed E-state index contributed by atoms with van der Waals surface area (Å²) in [7, 11) is 0. The van der Waals surface area contributed by atoms with E-state index < -0.39 is 0 Å². The first-order chi connectivity index (χ1) is 9.36. The second-order valence-corrected chi connectivity index (χ2v) is 5.38. The van der Waals surface area contributed by atoms with Crippen molar-refractivity contribution in [1.29, 1.82) is 0 Å². The molecule has 1 aliphatic rings. The van der Waals surface area contributed by atoms with Gasteiger partial charge in [0.25, 0.3) is 0 Å². The van der Waals surface area contributed by atoms with Crippen LogP contribution in [-0.4, -0.2) is 13.1 Å². The van der Waals surface area contributed by atoms with Gasteiger partial charge in [0.15, 0.2) is 0 Å². The molecular weight excluding hydrogens is 230 g/mol. The van der Waals surface area contributed by atoms with Gasteiger partial charge in [0, 0.05) is 24.3 Å². The Morgan fingerprint density at radius 2 is 1.37 bits per heavy atom. The van der Waals surface area contributed by atoms with Crippen molar-refractivity contribution in [3.63, 3.8) is 0 Å². The number of aryl methyl sites for hydroxylation is 1. The number of rotatable bonds is 2. The number of piperidine rings is 1. The van der Waals surface area contributed by atoms with E-state index in [9.17, 15) is 0 Å². The van der Waals surface area contributed by atoms with E-state index >= 15 is 0 Å². The molecule has 1 heteroatoms. The normalized spacial score (nSPS) is 15.5. The summed E-state index contributed by atoms with van der Waals surface area (Å²) in [6, 6.07) is 17.5. The Balaban J connectivity index is 2.04. The molecule has 1 aliphatic heterocycles. The molecule has 3 rings (SSSR count). The predicted molar refractivity (Wildman–Crippen MR) is 82.7 cm³/mol. The molecule has 98 valence electrons. The molecule has 1 nitrogen and oxygen atoms in total. The van der Waals surface area contributed by atoms with Gasteiger partial charge in [-0.15, -0.1) is 0 Å². The highest BCUT2D eigenvalue weighted by Gasteiger charge is 2.15. The first kappa shape index (κ1) is 12.3. The highest BCUT2D eigenvalue weighted by molar-refractivity contribution is 5.80. The van der Waals surface area contributed by atoms with E-state index in [1.165, 1.54) is 54.7 Å². The summed E-state index contributed by atoms with van der Waals surface area (Å²) in [5.41, 5.74) is 5.50. The molecular formula is C18H21N. The van der Waals surface area contributed by atoms with E-state index in [0.717, 1.165) is 0 Å². The number of nitrogens with zero attached hydrogens (tertiary/aromatic N) is 1. The van der Waals surface area contributed by atoms with Crippen LogP contribution in [0.4, 0.5) is 5.69 Å². The lowest BCUT2D eigenvalue weighted by Crippen LogP contribution is -2.29. The molecule has 1 heterocycles. The average molecular weight is 251 g/mol. The van der Waals surface area contributed by atoms with Crippen LogP contribution in [0.25, 0.3) is 11.1 Å². The SMILES string of the molecule is Cc1ccccc1-c1ccccc1N1CCCCC1. The molecule has 2 aromatic rings. The van der Waals surface area contributed by atoms with Crippen molar-refractivity contribution in [2.24, 2.45) is 0 Å². The van der Waals surface area contributed by atoms with Crippen molar-refractivity contribution in [2.75, 3.05) is 18.0 Å². The van der Waals surface area contributed by atoms with Crippen molar-refractivity contribution in [3.05, 3.63) is 54.1 Å². The van der Waals surface area contributed by atoms with E-state index in [1.807, 2.05) is 0 Å². The van der Waals surface area contributed by atoms with Crippen LogP contribution < -0.4 is 4.90 Å². The van der Waals surface area contributed by atoms with Crippen molar-refractivity contribution < 1.29 is 0 Å². The first-order valence-corrected chi connectivity index (χ1v) is 7.26. The molecule has 2 aromatic carbocycles. The van der Waals surface area contributed by atoms with Crippen molar-refractivity contribution in [3.8, 4) is 11.1 Å². The fraction of sp³-hybridized carbons (Fsp3) is 0.333. The van der Waals surface area contributed by atoms with Gasteiger partial charge in [0.05, 0.1) is 0 Å². The van der Waals surface area contributed by atoms with Gasteiger partial charge in [0.1, 0.15) is 0 Å². The summed E-state index contributed by atoms with van der Waals surface area (Å²) < 4.78 is 0. The fourth-order valence-electron chi connectivity index (χ4n) is 2.99. The molecule has 0 unspecified atom stereocenters. The van der Waals surface area contributed by atoms with E-state index in [1.54, 1.807) is 0 Å². The second-order valence-electron chi connectivity index (χ2n) is 5.38. The molecule has 0 radical (unpaired) electrons. The van der Waals surface area contributed by atoms with Gasteiger partial charge in [-0.2, -0.15) is 0 Å². The van der Waals surface area contributed by atoms with Crippen LogP contribution in [0.1, 0.15) is 24.8 Å². The van der Waals surface area contributed by atoms with Gasteiger partial charge in [-0.25, -0.2) is 0 Å². The lowest BCUT2D eigenvalue weighted by atomic mass is 9.97. The maximum atomic E-state index is 2.55. The third-order valence-corrected chi connectivity index (χ3v) is 4.04. The van der Waals surface area contributed by atoms with Crippen molar-refractivity contribution in [1.82, 2.24) is 0 Å². The molecule has 0 N–H and O–H groups in total. The largest absolute Gasteiger partial charge is 0.371 e. The summed E-state index contributed by atoms with van der Waals surface area (Å²) in [5.74, 6) is 0. The fourth-order valence-corrected chi connectivity index (χ4v) is 2.99. The maximum Gasteiger partial charge on any atom is 0.0445 e. The molecule has 0 aliphatic carbocycles.